The fraction of sp³-hybridized carbons (Fsp3) is 0.639. The van der Waals surface area contributed by atoms with Gasteiger partial charge < -0.3 is 20.0 Å². The number of urea groups is 1. The highest BCUT2D eigenvalue weighted by atomic mass is 16.2. The molecule has 3 unspecified atom stereocenters. The van der Waals surface area contributed by atoms with E-state index in [0.29, 0.717) is 30.5 Å². The van der Waals surface area contributed by atoms with Crippen LogP contribution in [0.5, 0.6) is 0 Å². The zero-order chi connectivity index (χ0) is 28.4. The maximum absolute atomic E-state index is 13.2. The fourth-order valence-electron chi connectivity index (χ4n) is 8.00. The van der Waals surface area contributed by atoms with Crippen LogP contribution in [0.25, 0.3) is 0 Å². The van der Waals surface area contributed by atoms with Crippen LogP contribution in [0, 0.1) is 11.8 Å². The van der Waals surface area contributed by atoms with Crippen LogP contribution < -0.4 is 5.32 Å². The molecule has 41 heavy (non-hydrogen) atoms. The van der Waals surface area contributed by atoms with Crippen LogP contribution in [0.3, 0.4) is 0 Å². The van der Waals surface area contributed by atoms with Crippen molar-refractivity contribution in [2.75, 3.05) is 39.8 Å². The van der Waals surface area contributed by atoms with E-state index in [1.54, 1.807) is 0 Å². The van der Waals surface area contributed by atoms with E-state index < -0.39 is 0 Å². The maximum atomic E-state index is 13.2. The molecule has 2 aliphatic carbocycles. The third-order valence-electron chi connectivity index (χ3n) is 10.3. The summed E-state index contributed by atoms with van der Waals surface area (Å²) in [6.07, 6.45) is 12.9. The molecule has 0 radical (unpaired) electrons. The van der Waals surface area contributed by atoms with Crippen molar-refractivity contribution in [3.8, 4) is 0 Å². The van der Waals surface area contributed by atoms with Crippen molar-refractivity contribution in [3.63, 3.8) is 0 Å². The smallest absolute Gasteiger partial charge is 0.317 e. The van der Waals surface area contributed by atoms with Gasteiger partial charge >= 0.3 is 6.03 Å². The highest BCUT2D eigenvalue weighted by Gasteiger charge is 2.39. The number of rotatable bonds is 11. The van der Waals surface area contributed by atoms with Crippen LogP contribution in [0.4, 0.5) is 4.79 Å². The first-order chi connectivity index (χ1) is 20.1. The Morgan fingerprint density at radius 1 is 0.878 bits per heavy atom. The molecule has 0 aromatic heterocycles. The number of hydrogen-bond donors (Lipinski definition) is 1. The van der Waals surface area contributed by atoms with Crippen LogP contribution in [0.2, 0.25) is 0 Å². The molecule has 1 N–H and O–H groups in total. The van der Waals surface area contributed by atoms with Gasteiger partial charge in [-0.05, 0) is 80.9 Å². The van der Waals surface area contributed by atoms with E-state index in [0.717, 1.165) is 50.4 Å². The van der Waals surface area contributed by atoms with Crippen molar-refractivity contribution in [2.24, 2.45) is 11.8 Å². The molecular formula is C36H54N4O. The third kappa shape index (κ3) is 8.35. The van der Waals surface area contributed by atoms with Gasteiger partial charge in [-0.25, -0.2) is 4.79 Å². The quantitative estimate of drug-likeness (QED) is 0.318. The second-order valence-corrected chi connectivity index (χ2v) is 13.2. The monoisotopic (exact) mass is 558 g/mol. The summed E-state index contributed by atoms with van der Waals surface area (Å²) in [5, 5.41) is 3.19. The molecule has 2 aromatic rings. The van der Waals surface area contributed by atoms with Crippen molar-refractivity contribution < 1.29 is 4.79 Å². The average molecular weight is 559 g/mol. The molecule has 3 fully saturated rings. The van der Waals surface area contributed by atoms with E-state index in [1.165, 1.54) is 63.6 Å². The fourth-order valence-corrected chi connectivity index (χ4v) is 8.00. The number of carbonyl (C=O) groups is 1. The summed E-state index contributed by atoms with van der Waals surface area (Å²) in [5.74, 6) is 2.25. The molecule has 0 spiro atoms. The first-order valence-corrected chi connectivity index (χ1v) is 16.7. The predicted octanol–water partition coefficient (Wildman–Crippen LogP) is 7.15. The number of hydrogen-bond acceptors (Lipinski definition) is 3. The summed E-state index contributed by atoms with van der Waals surface area (Å²) in [4.78, 5) is 20.8. The lowest BCUT2D eigenvalue weighted by molar-refractivity contribution is 0.108. The maximum Gasteiger partial charge on any atom is 0.317 e. The summed E-state index contributed by atoms with van der Waals surface area (Å²) in [6.45, 7) is 8.27. The Morgan fingerprint density at radius 2 is 1.56 bits per heavy atom. The number of amides is 2. The number of likely N-dealkylation sites (tertiary alicyclic amines) is 1. The normalized spacial score (nSPS) is 24.5. The Bertz CT molecular complexity index is 1030. The van der Waals surface area contributed by atoms with Crippen LogP contribution in [-0.2, 0) is 6.54 Å². The minimum atomic E-state index is 0.0953. The zero-order valence-corrected chi connectivity index (χ0v) is 25.7. The second kappa shape index (κ2) is 15.2. The molecule has 224 valence electrons. The Balaban J connectivity index is 1.16. The Hall–Kier alpha value is -2.37. The Morgan fingerprint density at radius 3 is 2.24 bits per heavy atom. The van der Waals surface area contributed by atoms with E-state index in [9.17, 15) is 4.79 Å². The van der Waals surface area contributed by atoms with Crippen molar-refractivity contribution >= 4 is 6.03 Å². The van der Waals surface area contributed by atoms with Gasteiger partial charge in [0.25, 0.3) is 0 Å². The van der Waals surface area contributed by atoms with Gasteiger partial charge in [0.05, 0.1) is 0 Å². The topological polar surface area (TPSA) is 38.8 Å². The summed E-state index contributed by atoms with van der Waals surface area (Å²) in [5.41, 5.74) is 2.68. The SMILES string of the molecule is CCCN(C(=O)NCc1ccccc1)C1CCN(CC2CC(N(C)CC3CCCCC3)CC2c2ccccc2)CC1. The van der Waals surface area contributed by atoms with E-state index in [-0.39, 0.29) is 6.03 Å². The van der Waals surface area contributed by atoms with E-state index in [1.807, 2.05) is 18.2 Å². The second-order valence-electron chi connectivity index (χ2n) is 13.2. The predicted molar refractivity (Wildman–Crippen MR) is 170 cm³/mol. The van der Waals surface area contributed by atoms with Gasteiger partial charge in [-0.2, -0.15) is 0 Å². The van der Waals surface area contributed by atoms with E-state index in [2.05, 4.69) is 76.5 Å². The molecule has 5 heteroatoms. The molecule has 1 heterocycles. The lowest BCUT2D eigenvalue weighted by atomic mass is 9.88. The van der Waals surface area contributed by atoms with Gasteiger partial charge in [0.2, 0.25) is 0 Å². The first-order valence-electron chi connectivity index (χ1n) is 16.7. The summed E-state index contributed by atoms with van der Waals surface area (Å²) in [7, 11) is 2.40. The van der Waals surface area contributed by atoms with Gasteiger partial charge in [0.1, 0.15) is 0 Å². The minimum absolute atomic E-state index is 0.0953. The van der Waals surface area contributed by atoms with Crippen LogP contribution in [0.15, 0.2) is 60.7 Å². The zero-order valence-electron chi connectivity index (χ0n) is 25.7. The molecule has 2 aromatic carbocycles. The molecule has 0 bridgehead atoms. The lowest BCUT2D eigenvalue weighted by Crippen LogP contribution is -2.51. The van der Waals surface area contributed by atoms with Crippen molar-refractivity contribution in [1.29, 1.82) is 0 Å². The molecule has 2 saturated carbocycles. The van der Waals surface area contributed by atoms with Gasteiger partial charge in [-0.15, -0.1) is 0 Å². The number of carbonyl (C=O) groups excluding carboxylic acids is 1. The molecule has 5 rings (SSSR count). The van der Waals surface area contributed by atoms with Crippen molar-refractivity contribution in [3.05, 3.63) is 71.8 Å². The molecule has 1 saturated heterocycles. The molecule has 3 atom stereocenters. The van der Waals surface area contributed by atoms with Gasteiger partial charge in [0, 0.05) is 51.4 Å². The third-order valence-corrected chi connectivity index (χ3v) is 10.3. The highest BCUT2D eigenvalue weighted by molar-refractivity contribution is 5.74. The van der Waals surface area contributed by atoms with Crippen LogP contribution in [0.1, 0.15) is 88.2 Å². The molecule has 3 aliphatic rings. The number of nitrogens with zero attached hydrogens (tertiary/aromatic N) is 3. The number of nitrogens with one attached hydrogen (secondary N) is 1. The Kier molecular flexibility index (Phi) is 11.2. The summed E-state index contributed by atoms with van der Waals surface area (Å²) >= 11 is 0. The molecule has 2 amide bonds. The highest BCUT2D eigenvalue weighted by Crippen LogP contribution is 2.43. The molecular weight excluding hydrogens is 504 g/mol. The largest absolute Gasteiger partial charge is 0.334 e. The minimum Gasteiger partial charge on any atom is -0.334 e. The lowest BCUT2D eigenvalue weighted by Gasteiger charge is -2.40. The van der Waals surface area contributed by atoms with E-state index >= 15 is 0 Å². The number of piperidine rings is 1. The van der Waals surface area contributed by atoms with Crippen LogP contribution >= 0.6 is 0 Å². The number of benzene rings is 2. The van der Waals surface area contributed by atoms with Crippen LogP contribution in [-0.4, -0.2) is 72.6 Å². The molecule has 1 aliphatic heterocycles. The average Bonchev–Trinajstić information content (AvgIpc) is 3.44. The van der Waals surface area contributed by atoms with Crippen molar-refractivity contribution in [1.82, 2.24) is 20.0 Å². The van der Waals surface area contributed by atoms with Gasteiger partial charge in [-0.3, -0.25) is 0 Å². The standard InChI is InChI=1S/C36H54N4O/c1-3-21-40(36(41)37-26-29-13-7-4-8-14-29)33-19-22-39(23-20-33)28-32-24-34(25-35(32)31-17-11-6-12-18-31)38(2)27-30-15-9-5-10-16-30/h4,6-8,11-14,17-18,30,32-35H,3,5,9-10,15-16,19-28H2,1-2H3,(H,37,41). The van der Waals surface area contributed by atoms with E-state index in [4.69, 9.17) is 0 Å². The van der Waals surface area contributed by atoms with Gasteiger partial charge in [0.15, 0.2) is 0 Å². The molecule has 5 nitrogen and oxygen atoms in total. The summed E-state index contributed by atoms with van der Waals surface area (Å²) < 4.78 is 0. The first kappa shape index (κ1) is 30.1. The van der Waals surface area contributed by atoms with Crippen molar-refractivity contribution in [2.45, 2.75) is 95.7 Å². The summed E-state index contributed by atoms with van der Waals surface area (Å²) in [6, 6.07) is 22.7. The Labute approximate surface area is 249 Å². The van der Waals surface area contributed by atoms with Gasteiger partial charge in [-0.1, -0.05) is 86.8 Å².